The molecule has 1 N–H and O–H groups in total. The summed E-state index contributed by atoms with van der Waals surface area (Å²) in [6, 6.07) is 4.61. The van der Waals surface area contributed by atoms with Gasteiger partial charge >= 0.3 is 0 Å². The maximum Gasteiger partial charge on any atom is 0.0379 e. The van der Waals surface area contributed by atoms with Crippen molar-refractivity contribution in [2.24, 2.45) is 0 Å². The van der Waals surface area contributed by atoms with Crippen LogP contribution in [0.1, 0.15) is 37.0 Å². The van der Waals surface area contributed by atoms with E-state index in [2.05, 4.69) is 45.1 Å². The zero-order valence-electron chi connectivity index (χ0n) is 9.57. The summed E-state index contributed by atoms with van der Waals surface area (Å²) in [6.07, 6.45) is 2.43. The largest absolute Gasteiger partial charge is 0.380 e. The van der Waals surface area contributed by atoms with Crippen LogP contribution in [0.3, 0.4) is 0 Å². The van der Waals surface area contributed by atoms with E-state index in [0.29, 0.717) is 0 Å². The third-order valence-electron chi connectivity index (χ3n) is 3.21. The molecule has 1 aliphatic heterocycles. The second-order valence-corrected chi connectivity index (χ2v) is 5.10. The quantitative estimate of drug-likeness (QED) is 0.659. The van der Waals surface area contributed by atoms with Gasteiger partial charge in [0.1, 0.15) is 0 Å². The molecule has 0 saturated heterocycles. The van der Waals surface area contributed by atoms with Gasteiger partial charge in [0.25, 0.3) is 0 Å². The first-order valence-corrected chi connectivity index (χ1v) is 5.36. The van der Waals surface area contributed by atoms with Crippen molar-refractivity contribution in [3.05, 3.63) is 28.8 Å². The minimum atomic E-state index is 0.259. The summed E-state index contributed by atoms with van der Waals surface area (Å²) in [5.41, 5.74) is 5.87. The molecule has 0 aliphatic carbocycles. The molecule has 14 heavy (non-hydrogen) atoms. The van der Waals surface area contributed by atoms with Gasteiger partial charge in [-0.15, -0.1) is 0 Å². The summed E-state index contributed by atoms with van der Waals surface area (Å²) in [6.45, 7) is 8.91. The Morgan fingerprint density at radius 3 is 2.50 bits per heavy atom. The van der Waals surface area contributed by atoms with Gasteiger partial charge in [-0.1, -0.05) is 6.07 Å². The molecule has 76 valence electrons. The lowest BCUT2D eigenvalue weighted by Gasteiger charge is -2.34. The maximum absolute atomic E-state index is 3.60. The average Bonchev–Trinajstić information content (AvgIpc) is 2.07. The second kappa shape index (κ2) is 3.01. The van der Waals surface area contributed by atoms with Crippen molar-refractivity contribution in [1.82, 2.24) is 0 Å². The molecule has 2 rings (SSSR count). The van der Waals surface area contributed by atoms with Gasteiger partial charge in [0.05, 0.1) is 0 Å². The fourth-order valence-corrected chi connectivity index (χ4v) is 2.07. The minimum Gasteiger partial charge on any atom is -0.380 e. The first-order valence-electron chi connectivity index (χ1n) is 5.36. The molecule has 0 aromatic heterocycles. The van der Waals surface area contributed by atoms with Crippen LogP contribution >= 0.6 is 0 Å². The number of hydrogen-bond acceptors (Lipinski definition) is 1. The molecule has 0 bridgehead atoms. The van der Waals surface area contributed by atoms with E-state index in [1.165, 1.54) is 35.2 Å². The number of nitrogens with one attached hydrogen (secondary N) is 1. The molecule has 0 spiro atoms. The highest BCUT2D eigenvalue weighted by molar-refractivity contribution is 5.58. The Morgan fingerprint density at radius 2 is 1.79 bits per heavy atom. The predicted octanol–water partition coefficient (Wildman–Crippen LogP) is 3.44. The molecule has 0 radical (unpaired) electrons. The van der Waals surface area contributed by atoms with E-state index in [1.54, 1.807) is 0 Å². The molecule has 1 nitrogen and oxygen atoms in total. The smallest absolute Gasteiger partial charge is 0.0379 e. The highest BCUT2D eigenvalue weighted by Gasteiger charge is 2.24. The molecule has 0 fully saturated rings. The molecule has 1 heterocycles. The molecule has 0 atom stereocenters. The Balaban J connectivity index is 2.43. The number of fused-ring (bicyclic) bond motifs is 1. The van der Waals surface area contributed by atoms with E-state index in [0.717, 1.165) is 0 Å². The lowest BCUT2D eigenvalue weighted by molar-refractivity contribution is 0.502. The molecule has 0 saturated carbocycles. The summed E-state index contributed by atoms with van der Waals surface area (Å²) < 4.78 is 0. The van der Waals surface area contributed by atoms with Gasteiger partial charge in [-0.2, -0.15) is 0 Å². The Kier molecular flexibility index (Phi) is 2.06. The fourth-order valence-electron chi connectivity index (χ4n) is 2.07. The number of benzene rings is 1. The Labute approximate surface area is 86.5 Å². The summed E-state index contributed by atoms with van der Waals surface area (Å²) in [5, 5.41) is 3.60. The Bertz CT molecular complexity index is 364. The van der Waals surface area contributed by atoms with Crippen molar-refractivity contribution in [1.29, 1.82) is 0 Å². The SMILES string of the molecule is Cc1cc2c(cc1C)NC(C)(C)CC2. The van der Waals surface area contributed by atoms with E-state index < -0.39 is 0 Å². The standard InChI is InChI=1S/C13H19N/c1-9-7-11-5-6-13(3,4)14-12(11)8-10(9)2/h7-8,14H,5-6H2,1-4H3. The molecule has 0 unspecified atom stereocenters. The minimum absolute atomic E-state index is 0.259. The van der Waals surface area contributed by atoms with Gasteiger partial charge in [0.2, 0.25) is 0 Å². The molecular weight excluding hydrogens is 170 g/mol. The summed E-state index contributed by atoms with van der Waals surface area (Å²) >= 11 is 0. The van der Waals surface area contributed by atoms with Crippen molar-refractivity contribution in [3.63, 3.8) is 0 Å². The maximum atomic E-state index is 3.60. The van der Waals surface area contributed by atoms with Crippen LogP contribution in [0.4, 0.5) is 5.69 Å². The topological polar surface area (TPSA) is 12.0 Å². The zero-order chi connectivity index (χ0) is 10.3. The van der Waals surface area contributed by atoms with Gasteiger partial charge in [-0.05, 0) is 63.3 Å². The zero-order valence-corrected chi connectivity index (χ0v) is 9.57. The third-order valence-corrected chi connectivity index (χ3v) is 3.21. The lowest BCUT2D eigenvalue weighted by Crippen LogP contribution is -2.35. The van der Waals surface area contributed by atoms with E-state index in [-0.39, 0.29) is 5.54 Å². The van der Waals surface area contributed by atoms with Crippen molar-refractivity contribution >= 4 is 5.69 Å². The molecular formula is C13H19N. The monoisotopic (exact) mass is 189 g/mol. The van der Waals surface area contributed by atoms with Gasteiger partial charge in [-0.25, -0.2) is 0 Å². The predicted molar refractivity (Wildman–Crippen MR) is 61.9 cm³/mol. The van der Waals surface area contributed by atoms with E-state index in [4.69, 9.17) is 0 Å². The van der Waals surface area contributed by atoms with E-state index >= 15 is 0 Å². The molecule has 1 aromatic rings. The van der Waals surface area contributed by atoms with Crippen LogP contribution in [-0.4, -0.2) is 5.54 Å². The van der Waals surface area contributed by atoms with Gasteiger partial charge < -0.3 is 5.32 Å². The number of hydrogen-bond donors (Lipinski definition) is 1. The van der Waals surface area contributed by atoms with Crippen molar-refractivity contribution in [3.8, 4) is 0 Å². The average molecular weight is 189 g/mol. The van der Waals surface area contributed by atoms with Crippen LogP contribution in [-0.2, 0) is 6.42 Å². The molecule has 1 aliphatic rings. The highest BCUT2D eigenvalue weighted by Crippen LogP contribution is 2.32. The molecule has 1 aromatic carbocycles. The van der Waals surface area contributed by atoms with Gasteiger partial charge in [0.15, 0.2) is 0 Å². The first kappa shape index (κ1) is 9.57. The number of rotatable bonds is 0. The van der Waals surface area contributed by atoms with Gasteiger partial charge in [-0.3, -0.25) is 0 Å². The van der Waals surface area contributed by atoms with Crippen LogP contribution in [0.2, 0.25) is 0 Å². The normalized spacial score (nSPS) is 18.6. The number of anilines is 1. The molecule has 0 amide bonds. The van der Waals surface area contributed by atoms with E-state index in [9.17, 15) is 0 Å². The van der Waals surface area contributed by atoms with Gasteiger partial charge in [0, 0.05) is 11.2 Å². The fraction of sp³-hybridized carbons (Fsp3) is 0.538. The summed E-state index contributed by atoms with van der Waals surface area (Å²) in [5.74, 6) is 0. The van der Waals surface area contributed by atoms with Crippen molar-refractivity contribution in [2.45, 2.75) is 46.1 Å². The van der Waals surface area contributed by atoms with Crippen LogP contribution in [0.5, 0.6) is 0 Å². The lowest BCUT2D eigenvalue weighted by atomic mass is 9.88. The van der Waals surface area contributed by atoms with Crippen LogP contribution in [0, 0.1) is 13.8 Å². The van der Waals surface area contributed by atoms with Crippen molar-refractivity contribution < 1.29 is 0 Å². The van der Waals surface area contributed by atoms with E-state index in [1.807, 2.05) is 0 Å². The summed E-state index contributed by atoms with van der Waals surface area (Å²) in [4.78, 5) is 0. The van der Waals surface area contributed by atoms with Crippen LogP contribution in [0.15, 0.2) is 12.1 Å². The summed E-state index contributed by atoms with van der Waals surface area (Å²) in [7, 11) is 0. The third kappa shape index (κ3) is 1.63. The van der Waals surface area contributed by atoms with Crippen LogP contribution in [0.25, 0.3) is 0 Å². The Hall–Kier alpha value is -0.980. The first-order chi connectivity index (χ1) is 6.48. The number of aryl methyl sites for hydroxylation is 3. The highest BCUT2D eigenvalue weighted by atomic mass is 15.0. The second-order valence-electron chi connectivity index (χ2n) is 5.10. The van der Waals surface area contributed by atoms with Crippen LogP contribution < -0.4 is 5.32 Å². The Morgan fingerprint density at radius 1 is 1.14 bits per heavy atom. The molecule has 1 heteroatoms. The van der Waals surface area contributed by atoms with Crippen molar-refractivity contribution in [2.75, 3.05) is 5.32 Å².